The number of halogens is 1. The Balaban J connectivity index is 3.08. The molecule has 4 heteroatoms. The van der Waals surface area contributed by atoms with Crippen LogP contribution in [0.3, 0.4) is 0 Å². The van der Waals surface area contributed by atoms with Crippen LogP contribution < -0.4 is 4.90 Å². The van der Waals surface area contributed by atoms with Gasteiger partial charge in [-0.3, -0.25) is 0 Å². The Morgan fingerprint density at radius 3 is 2.60 bits per heavy atom. The molecule has 0 aliphatic rings. The molecule has 0 aliphatic heterocycles. The highest BCUT2D eigenvalue weighted by Gasteiger charge is 2.13. The predicted octanol–water partition coefficient (Wildman–Crippen LogP) is 1.14. The van der Waals surface area contributed by atoms with E-state index < -0.39 is 0 Å². The lowest BCUT2D eigenvalue weighted by molar-refractivity contribution is 0.280. The zero-order chi connectivity index (χ0) is 11.3. The molecule has 0 atom stereocenters. The highest BCUT2D eigenvalue weighted by Crippen LogP contribution is 2.24. The van der Waals surface area contributed by atoms with Gasteiger partial charge in [0.25, 0.3) is 0 Å². The minimum absolute atomic E-state index is 0.0347. The topological polar surface area (TPSA) is 43.7 Å². The Labute approximate surface area is 88.8 Å². The first-order valence-electron chi connectivity index (χ1n) is 4.98. The molecule has 0 spiro atoms. The van der Waals surface area contributed by atoms with E-state index in [9.17, 15) is 4.39 Å². The van der Waals surface area contributed by atoms with Crippen molar-refractivity contribution >= 4 is 5.69 Å². The number of likely N-dealkylation sites (N-methyl/N-ethyl adjacent to an activating group) is 1. The summed E-state index contributed by atoms with van der Waals surface area (Å²) in [6.07, 6.45) is 0. The van der Waals surface area contributed by atoms with Crippen molar-refractivity contribution in [2.24, 2.45) is 0 Å². The number of hydrogen-bond acceptors (Lipinski definition) is 3. The molecule has 0 aromatic heterocycles. The Morgan fingerprint density at radius 1 is 1.33 bits per heavy atom. The fourth-order valence-corrected chi connectivity index (χ4v) is 1.59. The molecule has 1 rings (SSSR count). The van der Waals surface area contributed by atoms with Gasteiger partial charge >= 0.3 is 0 Å². The molecule has 0 fully saturated rings. The maximum absolute atomic E-state index is 13.6. The second-order valence-electron chi connectivity index (χ2n) is 3.21. The van der Waals surface area contributed by atoms with Crippen LogP contribution >= 0.6 is 0 Å². The molecule has 0 aliphatic carbocycles. The first-order chi connectivity index (χ1) is 7.24. The van der Waals surface area contributed by atoms with Crippen LogP contribution in [-0.2, 0) is 6.61 Å². The second kappa shape index (κ2) is 5.68. The fourth-order valence-electron chi connectivity index (χ4n) is 1.59. The third-order valence-electron chi connectivity index (χ3n) is 2.31. The largest absolute Gasteiger partial charge is 0.395 e. The number of aliphatic hydroxyl groups is 2. The summed E-state index contributed by atoms with van der Waals surface area (Å²) in [5.41, 5.74) is 0.932. The highest BCUT2D eigenvalue weighted by molar-refractivity contribution is 5.54. The lowest BCUT2D eigenvalue weighted by atomic mass is 10.1. The quantitative estimate of drug-likeness (QED) is 0.770. The van der Waals surface area contributed by atoms with Gasteiger partial charge in [0.1, 0.15) is 5.82 Å². The van der Waals surface area contributed by atoms with Crippen LogP contribution in [0.1, 0.15) is 12.5 Å². The fraction of sp³-hybridized carbons (Fsp3) is 0.455. The summed E-state index contributed by atoms with van der Waals surface area (Å²) < 4.78 is 13.6. The third kappa shape index (κ3) is 2.67. The van der Waals surface area contributed by atoms with Crippen molar-refractivity contribution in [3.8, 4) is 0 Å². The van der Waals surface area contributed by atoms with Crippen LogP contribution in [0.2, 0.25) is 0 Å². The summed E-state index contributed by atoms with van der Waals surface area (Å²) in [6, 6.07) is 4.60. The molecule has 0 unspecified atom stereocenters. The molecule has 0 radical (unpaired) electrons. The predicted molar refractivity (Wildman–Crippen MR) is 57.3 cm³/mol. The molecule has 0 bridgehead atoms. The number of nitrogens with zero attached hydrogens (tertiary/aromatic N) is 1. The van der Waals surface area contributed by atoms with Crippen molar-refractivity contribution in [3.05, 3.63) is 29.6 Å². The molecular weight excluding hydrogens is 197 g/mol. The van der Waals surface area contributed by atoms with Crippen molar-refractivity contribution < 1.29 is 14.6 Å². The summed E-state index contributed by atoms with van der Waals surface area (Å²) in [5, 5.41) is 18.0. The average molecular weight is 213 g/mol. The number of hydrogen-bond donors (Lipinski definition) is 2. The van der Waals surface area contributed by atoms with Crippen molar-refractivity contribution in [2.75, 3.05) is 24.6 Å². The molecule has 0 heterocycles. The molecule has 15 heavy (non-hydrogen) atoms. The van der Waals surface area contributed by atoms with Crippen LogP contribution in [0.15, 0.2) is 18.2 Å². The summed E-state index contributed by atoms with van der Waals surface area (Å²) in [4.78, 5) is 1.71. The molecule has 0 saturated heterocycles. The zero-order valence-electron chi connectivity index (χ0n) is 8.78. The molecule has 84 valence electrons. The first-order valence-corrected chi connectivity index (χ1v) is 4.98. The van der Waals surface area contributed by atoms with E-state index in [1.54, 1.807) is 17.0 Å². The second-order valence-corrected chi connectivity index (χ2v) is 3.21. The Morgan fingerprint density at radius 2 is 2.07 bits per heavy atom. The average Bonchev–Trinajstić information content (AvgIpc) is 2.26. The SMILES string of the molecule is CCN(CCO)c1c(F)cccc1CO. The van der Waals surface area contributed by atoms with Gasteiger partial charge in [-0.25, -0.2) is 4.39 Å². The summed E-state index contributed by atoms with van der Waals surface area (Å²) >= 11 is 0. The number of para-hydroxylation sites is 1. The van der Waals surface area contributed by atoms with Crippen LogP contribution in [0.25, 0.3) is 0 Å². The summed E-state index contributed by atoms with van der Waals surface area (Å²) in [7, 11) is 0. The monoisotopic (exact) mass is 213 g/mol. The number of anilines is 1. The van der Waals surface area contributed by atoms with E-state index in [0.717, 1.165) is 0 Å². The molecule has 1 aromatic rings. The van der Waals surface area contributed by atoms with Crippen LogP contribution in [-0.4, -0.2) is 29.9 Å². The molecule has 0 amide bonds. The van der Waals surface area contributed by atoms with Crippen LogP contribution in [0, 0.1) is 5.82 Å². The van der Waals surface area contributed by atoms with E-state index in [1.807, 2.05) is 6.92 Å². The van der Waals surface area contributed by atoms with Crippen molar-refractivity contribution in [3.63, 3.8) is 0 Å². The van der Waals surface area contributed by atoms with E-state index in [2.05, 4.69) is 0 Å². The lowest BCUT2D eigenvalue weighted by Gasteiger charge is -2.24. The van der Waals surface area contributed by atoms with Gasteiger partial charge in [-0.2, -0.15) is 0 Å². The van der Waals surface area contributed by atoms with Gasteiger partial charge in [0.2, 0.25) is 0 Å². The van der Waals surface area contributed by atoms with Crippen LogP contribution in [0.5, 0.6) is 0 Å². The molecule has 0 saturated carbocycles. The summed E-state index contributed by atoms with van der Waals surface area (Å²) in [6.45, 7) is 2.60. The maximum atomic E-state index is 13.6. The van der Waals surface area contributed by atoms with Gasteiger partial charge in [0.15, 0.2) is 0 Å². The van der Waals surface area contributed by atoms with E-state index in [4.69, 9.17) is 10.2 Å². The number of aliphatic hydroxyl groups excluding tert-OH is 2. The maximum Gasteiger partial charge on any atom is 0.146 e. The van der Waals surface area contributed by atoms with E-state index in [-0.39, 0.29) is 19.0 Å². The van der Waals surface area contributed by atoms with Crippen molar-refractivity contribution in [1.29, 1.82) is 0 Å². The highest BCUT2D eigenvalue weighted by atomic mass is 19.1. The molecule has 2 N–H and O–H groups in total. The minimum Gasteiger partial charge on any atom is -0.395 e. The van der Waals surface area contributed by atoms with Crippen molar-refractivity contribution in [2.45, 2.75) is 13.5 Å². The van der Waals surface area contributed by atoms with E-state index >= 15 is 0 Å². The van der Waals surface area contributed by atoms with Gasteiger partial charge in [-0.05, 0) is 13.0 Å². The molecule has 1 aromatic carbocycles. The van der Waals surface area contributed by atoms with Gasteiger partial charge in [0.05, 0.1) is 18.9 Å². The third-order valence-corrected chi connectivity index (χ3v) is 2.31. The number of rotatable bonds is 5. The summed E-state index contributed by atoms with van der Waals surface area (Å²) in [5.74, 6) is -0.364. The van der Waals surface area contributed by atoms with E-state index in [0.29, 0.717) is 24.3 Å². The molecule has 3 nitrogen and oxygen atoms in total. The van der Waals surface area contributed by atoms with Gasteiger partial charge in [-0.15, -0.1) is 0 Å². The first kappa shape index (κ1) is 11.9. The smallest absolute Gasteiger partial charge is 0.146 e. The van der Waals surface area contributed by atoms with Crippen molar-refractivity contribution in [1.82, 2.24) is 0 Å². The van der Waals surface area contributed by atoms with Crippen LogP contribution in [0.4, 0.5) is 10.1 Å². The Hall–Kier alpha value is -1.13. The number of benzene rings is 1. The normalized spacial score (nSPS) is 10.4. The lowest BCUT2D eigenvalue weighted by Crippen LogP contribution is -2.28. The van der Waals surface area contributed by atoms with Gasteiger partial charge in [-0.1, -0.05) is 12.1 Å². The minimum atomic E-state index is -0.364. The molecular formula is C11H16FNO2. The zero-order valence-corrected chi connectivity index (χ0v) is 8.78. The van der Waals surface area contributed by atoms with Gasteiger partial charge in [0, 0.05) is 18.7 Å². The Bertz CT molecular complexity index is 317. The standard InChI is InChI=1S/C11H16FNO2/c1-2-13(6-7-14)11-9(8-15)4-3-5-10(11)12/h3-5,14-15H,2,6-8H2,1H3. The van der Waals surface area contributed by atoms with Gasteiger partial charge < -0.3 is 15.1 Å². The Kier molecular flexibility index (Phi) is 4.52. The van der Waals surface area contributed by atoms with E-state index in [1.165, 1.54) is 6.07 Å².